The maximum Gasteiger partial charge on any atom is 0.258 e. The van der Waals surface area contributed by atoms with E-state index in [1.54, 1.807) is 7.11 Å². The summed E-state index contributed by atoms with van der Waals surface area (Å²) in [5, 5.41) is 0. The number of likely N-dealkylation sites (tertiary alicyclic amines) is 1. The Morgan fingerprint density at radius 3 is 2.64 bits per heavy atom. The van der Waals surface area contributed by atoms with Crippen molar-refractivity contribution in [3.8, 4) is 5.75 Å². The van der Waals surface area contributed by atoms with Crippen molar-refractivity contribution in [3.05, 3.63) is 65.2 Å². The lowest BCUT2D eigenvalue weighted by Crippen LogP contribution is -2.31. The second-order valence-electron chi connectivity index (χ2n) is 5.71. The van der Waals surface area contributed by atoms with Crippen LogP contribution in [0.2, 0.25) is 0 Å². The van der Waals surface area contributed by atoms with E-state index in [1.165, 1.54) is 11.1 Å². The molecule has 3 rings (SSSR count). The highest BCUT2D eigenvalue weighted by molar-refractivity contribution is 5.97. The zero-order valence-corrected chi connectivity index (χ0v) is 13.1. The van der Waals surface area contributed by atoms with Crippen molar-refractivity contribution in [2.45, 2.75) is 25.8 Å². The summed E-state index contributed by atoms with van der Waals surface area (Å²) in [7, 11) is 1.61. The first-order valence-electron chi connectivity index (χ1n) is 7.72. The molecule has 0 N–H and O–H groups in total. The van der Waals surface area contributed by atoms with Crippen LogP contribution < -0.4 is 4.74 Å². The van der Waals surface area contributed by atoms with Gasteiger partial charge in [-0.15, -0.1) is 0 Å². The summed E-state index contributed by atoms with van der Waals surface area (Å²) in [6, 6.07) is 16.0. The first-order chi connectivity index (χ1) is 10.7. The summed E-state index contributed by atoms with van der Waals surface area (Å²) in [6.07, 6.45) is 2.06. The van der Waals surface area contributed by atoms with Gasteiger partial charge in [-0.1, -0.05) is 36.4 Å². The number of carbonyl (C=O) groups excluding carboxylic acids is 1. The molecule has 0 bridgehead atoms. The third-order valence-corrected chi connectivity index (χ3v) is 4.40. The van der Waals surface area contributed by atoms with Gasteiger partial charge in [0.25, 0.3) is 5.91 Å². The van der Waals surface area contributed by atoms with E-state index in [4.69, 9.17) is 4.74 Å². The summed E-state index contributed by atoms with van der Waals surface area (Å²) in [5.41, 5.74) is 3.14. The minimum absolute atomic E-state index is 0.0585. The third-order valence-electron chi connectivity index (χ3n) is 4.40. The summed E-state index contributed by atoms with van der Waals surface area (Å²) >= 11 is 0. The second kappa shape index (κ2) is 6.22. The maximum absolute atomic E-state index is 13.0. The molecule has 2 aromatic carbocycles. The van der Waals surface area contributed by atoms with Gasteiger partial charge in [0.15, 0.2) is 0 Å². The Hall–Kier alpha value is -2.29. The molecule has 1 aliphatic rings. The predicted molar refractivity (Wildman–Crippen MR) is 87.2 cm³/mol. The molecule has 0 saturated carbocycles. The lowest BCUT2D eigenvalue weighted by molar-refractivity contribution is 0.0732. The third kappa shape index (κ3) is 2.59. The molecule has 0 aliphatic carbocycles. The van der Waals surface area contributed by atoms with Crippen LogP contribution in [0.25, 0.3) is 0 Å². The highest BCUT2D eigenvalue weighted by atomic mass is 16.5. The van der Waals surface area contributed by atoms with Gasteiger partial charge in [-0.3, -0.25) is 4.79 Å². The van der Waals surface area contributed by atoms with Gasteiger partial charge >= 0.3 is 0 Å². The Morgan fingerprint density at radius 1 is 1.14 bits per heavy atom. The Bertz CT molecular complexity index is 681. The van der Waals surface area contributed by atoms with Gasteiger partial charge < -0.3 is 9.64 Å². The second-order valence-corrected chi connectivity index (χ2v) is 5.71. The fourth-order valence-corrected chi connectivity index (χ4v) is 3.27. The first kappa shape index (κ1) is 14.6. The predicted octanol–water partition coefficient (Wildman–Crippen LogP) is 3.98. The maximum atomic E-state index is 13.0. The number of methoxy groups -OCH3 is 1. The van der Waals surface area contributed by atoms with Crippen LogP contribution in [-0.2, 0) is 0 Å². The fourth-order valence-electron chi connectivity index (χ4n) is 3.27. The lowest BCUT2D eigenvalue weighted by Gasteiger charge is -2.27. The number of benzene rings is 2. The smallest absolute Gasteiger partial charge is 0.258 e. The van der Waals surface area contributed by atoms with Gasteiger partial charge in [0.05, 0.1) is 18.7 Å². The molecule has 0 spiro atoms. The van der Waals surface area contributed by atoms with Crippen molar-refractivity contribution < 1.29 is 9.53 Å². The number of para-hydroxylation sites is 1. The quantitative estimate of drug-likeness (QED) is 0.857. The van der Waals surface area contributed by atoms with Crippen LogP contribution in [0.1, 0.15) is 40.4 Å². The van der Waals surface area contributed by atoms with Crippen LogP contribution in [0.5, 0.6) is 5.75 Å². The summed E-state index contributed by atoms with van der Waals surface area (Å²) in [4.78, 5) is 15.0. The molecule has 0 aromatic heterocycles. The van der Waals surface area contributed by atoms with E-state index < -0.39 is 0 Å². The first-order valence-corrected chi connectivity index (χ1v) is 7.72. The van der Waals surface area contributed by atoms with E-state index in [9.17, 15) is 4.79 Å². The van der Waals surface area contributed by atoms with E-state index >= 15 is 0 Å². The average molecular weight is 295 g/mol. The molecule has 114 valence electrons. The van der Waals surface area contributed by atoms with Crippen molar-refractivity contribution >= 4 is 5.91 Å². The van der Waals surface area contributed by atoms with Crippen molar-refractivity contribution in [2.75, 3.05) is 13.7 Å². The molecule has 1 heterocycles. The molecule has 1 aliphatic heterocycles. The highest BCUT2D eigenvalue weighted by Gasteiger charge is 2.32. The van der Waals surface area contributed by atoms with Crippen LogP contribution in [0, 0.1) is 6.92 Å². The molecule has 1 atom stereocenters. The normalized spacial score (nSPS) is 17.5. The van der Waals surface area contributed by atoms with Crippen LogP contribution in [-0.4, -0.2) is 24.5 Å². The Labute approximate surface area is 131 Å². The number of ether oxygens (including phenoxy) is 1. The van der Waals surface area contributed by atoms with Crippen LogP contribution >= 0.6 is 0 Å². The lowest BCUT2D eigenvalue weighted by atomic mass is 9.99. The summed E-state index contributed by atoms with van der Waals surface area (Å²) in [5.74, 6) is 0.700. The summed E-state index contributed by atoms with van der Waals surface area (Å²) < 4.78 is 5.34. The number of rotatable bonds is 3. The molecule has 22 heavy (non-hydrogen) atoms. The molecular formula is C19H21NO2. The van der Waals surface area contributed by atoms with Crippen molar-refractivity contribution in [2.24, 2.45) is 0 Å². The molecule has 1 saturated heterocycles. The SMILES string of the molecule is COc1ccccc1C(=O)N1CCC[C@H]1c1ccccc1C. The number of aryl methyl sites for hydroxylation is 1. The van der Waals surface area contributed by atoms with Gasteiger partial charge in [0.2, 0.25) is 0 Å². The van der Waals surface area contributed by atoms with Gasteiger partial charge in [0.1, 0.15) is 5.75 Å². The molecule has 1 fully saturated rings. The van der Waals surface area contributed by atoms with Crippen LogP contribution in [0.4, 0.5) is 0 Å². The van der Waals surface area contributed by atoms with Gasteiger partial charge in [-0.25, -0.2) is 0 Å². The van der Waals surface area contributed by atoms with E-state index in [0.717, 1.165) is 19.4 Å². The van der Waals surface area contributed by atoms with Gasteiger partial charge in [0, 0.05) is 6.54 Å². The van der Waals surface area contributed by atoms with Crippen LogP contribution in [0.15, 0.2) is 48.5 Å². The number of nitrogens with zero attached hydrogens (tertiary/aromatic N) is 1. The Morgan fingerprint density at radius 2 is 1.86 bits per heavy atom. The van der Waals surface area contributed by atoms with E-state index in [-0.39, 0.29) is 11.9 Å². The van der Waals surface area contributed by atoms with Crippen molar-refractivity contribution in [1.29, 1.82) is 0 Å². The highest BCUT2D eigenvalue weighted by Crippen LogP contribution is 2.35. The molecule has 0 unspecified atom stereocenters. The fraction of sp³-hybridized carbons (Fsp3) is 0.316. The van der Waals surface area contributed by atoms with Gasteiger partial charge in [-0.2, -0.15) is 0 Å². The van der Waals surface area contributed by atoms with E-state index in [0.29, 0.717) is 11.3 Å². The molecule has 3 heteroatoms. The van der Waals surface area contributed by atoms with Crippen molar-refractivity contribution in [3.63, 3.8) is 0 Å². The van der Waals surface area contributed by atoms with E-state index in [2.05, 4.69) is 19.1 Å². The minimum Gasteiger partial charge on any atom is -0.496 e. The van der Waals surface area contributed by atoms with E-state index in [1.807, 2.05) is 41.3 Å². The topological polar surface area (TPSA) is 29.5 Å². The molecular weight excluding hydrogens is 274 g/mol. The average Bonchev–Trinajstić information content (AvgIpc) is 3.04. The molecule has 3 nitrogen and oxygen atoms in total. The molecule has 1 amide bonds. The number of hydrogen-bond acceptors (Lipinski definition) is 2. The Balaban J connectivity index is 1.93. The number of carbonyl (C=O) groups is 1. The van der Waals surface area contributed by atoms with Crippen molar-refractivity contribution in [1.82, 2.24) is 4.90 Å². The monoisotopic (exact) mass is 295 g/mol. The summed E-state index contributed by atoms with van der Waals surface area (Å²) in [6.45, 7) is 2.91. The number of hydrogen-bond donors (Lipinski definition) is 0. The number of amides is 1. The minimum atomic E-state index is 0.0585. The van der Waals surface area contributed by atoms with Gasteiger partial charge in [-0.05, 0) is 43.0 Å². The zero-order valence-electron chi connectivity index (χ0n) is 13.1. The zero-order chi connectivity index (χ0) is 15.5. The Kier molecular flexibility index (Phi) is 4.14. The molecule has 0 radical (unpaired) electrons. The van der Waals surface area contributed by atoms with Crippen LogP contribution in [0.3, 0.4) is 0 Å². The molecule has 2 aromatic rings. The standard InChI is InChI=1S/C19H21NO2/c1-14-8-3-4-9-15(14)17-11-7-13-20(17)19(21)16-10-5-6-12-18(16)22-2/h3-6,8-10,12,17H,7,11,13H2,1-2H3/t17-/m0/s1. The largest absolute Gasteiger partial charge is 0.496 e.